The monoisotopic (exact) mass is 230 g/mol. The Labute approximate surface area is 81.9 Å². The summed E-state index contributed by atoms with van der Waals surface area (Å²) in [5.41, 5.74) is 9.55. The molecule has 0 fully saturated rings. The van der Waals surface area contributed by atoms with E-state index in [9.17, 15) is 0 Å². The number of hydrogen-bond acceptors (Lipinski definition) is 1. The molecule has 0 saturated carbocycles. The molecule has 68 valence electrons. The normalized spacial score (nSPS) is 13.5. The summed E-state index contributed by atoms with van der Waals surface area (Å²) in [6.45, 7) is 6.19. The van der Waals surface area contributed by atoms with Crippen LogP contribution in [0.1, 0.15) is 29.9 Å². The topological polar surface area (TPSA) is 30.9 Å². The minimum atomic E-state index is 0.0966. The van der Waals surface area contributed by atoms with E-state index < -0.39 is 0 Å². The first-order valence-electron chi connectivity index (χ1n) is 4.03. The van der Waals surface area contributed by atoms with Crippen molar-refractivity contribution in [2.45, 2.75) is 26.8 Å². The van der Waals surface area contributed by atoms with E-state index in [-0.39, 0.29) is 6.04 Å². The Morgan fingerprint density at radius 1 is 1.33 bits per heavy atom. The molecule has 1 unspecified atom stereocenters. The third-order valence-corrected chi connectivity index (χ3v) is 3.41. The molecule has 0 aromatic carbocycles. The Hall–Kier alpha value is -0.280. The first-order valence-corrected chi connectivity index (χ1v) is 4.83. The van der Waals surface area contributed by atoms with E-state index in [1.54, 1.807) is 0 Å². The van der Waals surface area contributed by atoms with Gasteiger partial charge in [-0.05, 0) is 36.7 Å². The maximum absolute atomic E-state index is 5.85. The van der Waals surface area contributed by atoms with Crippen molar-refractivity contribution in [1.82, 2.24) is 4.57 Å². The van der Waals surface area contributed by atoms with E-state index in [4.69, 9.17) is 5.73 Å². The minimum absolute atomic E-state index is 0.0966. The number of nitrogens with two attached hydrogens (primary N) is 1. The summed E-state index contributed by atoms with van der Waals surface area (Å²) < 4.78 is 3.31. The van der Waals surface area contributed by atoms with Crippen LogP contribution in [0, 0.1) is 13.8 Å². The van der Waals surface area contributed by atoms with E-state index in [1.807, 2.05) is 6.92 Å². The fourth-order valence-electron chi connectivity index (χ4n) is 1.46. The predicted octanol–water partition coefficient (Wildman–Crippen LogP) is 2.42. The van der Waals surface area contributed by atoms with Gasteiger partial charge in [-0.2, -0.15) is 0 Å². The fourth-order valence-corrected chi connectivity index (χ4v) is 2.38. The highest BCUT2D eigenvalue weighted by atomic mass is 79.9. The molecule has 1 rings (SSSR count). The van der Waals surface area contributed by atoms with E-state index in [0.29, 0.717) is 0 Å². The average Bonchev–Trinajstić information content (AvgIpc) is 2.16. The van der Waals surface area contributed by atoms with Crippen molar-refractivity contribution in [2.24, 2.45) is 12.8 Å². The molecule has 0 aliphatic heterocycles. The molecule has 0 aliphatic carbocycles. The van der Waals surface area contributed by atoms with E-state index in [1.165, 1.54) is 17.0 Å². The lowest BCUT2D eigenvalue weighted by Crippen LogP contribution is -2.06. The van der Waals surface area contributed by atoms with E-state index in [2.05, 4.69) is 41.4 Å². The van der Waals surface area contributed by atoms with Crippen molar-refractivity contribution in [3.63, 3.8) is 0 Å². The zero-order chi connectivity index (χ0) is 9.46. The zero-order valence-corrected chi connectivity index (χ0v) is 9.57. The van der Waals surface area contributed by atoms with Gasteiger partial charge in [0.1, 0.15) is 0 Å². The summed E-state index contributed by atoms with van der Waals surface area (Å²) in [5.74, 6) is 0. The van der Waals surface area contributed by atoms with Crippen LogP contribution in [0.5, 0.6) is 0 Å². The third-order valence-electron chi connectivity index (χ3n) is 2.41. The molecule has 0 saturated heterocycles. The van der Waals surface area contributed by atoms with Crippen LogP contribution in [0.4, 0.5) is 0 Å². The molecule has 0 amide bonds. The Balaban J connectivity index is 3.38. The van der Waals surface area contributed by atoms with Gasteiger partial charge in [0.25, 0.3) is 0 Å². The van der Waals surface area contributed by atoms with Crippen LogP contribution in [0.15, 0.2) is 4.47 Å². The van der Waals surface area contributed by atoms with Crippen LogP contribution in [-0.4, -0.2) is 4.57 Å². The van der Waals surface area contributed by atoms with Crippen molar-refractivity contribution in [1.29, 1.82) is 0 Å². The summed E-state index contributed by atoms with van der Waals surface area (Å²) in [7, 11) is 2.06. The highest BCUT2D eigenvalue weighted by molar-refractivity contribution is 9.10. The van der Waals surface area contributed by atoms with Crippen LogP contribution in [0.2, 0.25) is 0 Å². The van der Waals surface area contributed by atoms with Gasteiger partial charge in [-0.15, -0.1) is 0 Å². The van der Waals surface area contributed by atoms with E-state index >= 15 is 0 Å². The van der Waals surface area contributed by atoms with Gasteiger partial charge in [0, 0.05) is 34.5 Å². The number of aromatic nitrogens is 1. The molecular formula is C9H15BrN2. The molecule has 12 heavy (non-hydrogen) atoms. The molecule has 2 N–H and O–H groups in total. The van der Waals surface area contributed by atoms with Gasteiger partial charge in [-0.25, -0.2) is 0 Å². The average molecular weight is 231 g/mol. The Morgan fingerprint density at radius 3 is 2.00 bits per heavy atom. The standard InChI is InChI=1S/C9H15BrN2/c1-5(11)8-6(2)12(4)7(3)9(8)10/h5H,11H2,1-4H3. The van der Waals surface area contributed by atoms with Crippen LogP contribution in [-0.2, 0) is 7.05 Å². The number of hydrogen-bond donors (Lipinski definition) is 1. The lowest BCUT2D eigenvalue weighted by molar-refractivity contribution is 0.781. The van der Waals surface area contributed by atoms with E-state index in [0.717, 1.165) is 4.47 Å². The molecule has 0 radical (unpaired) electrons. The first-order chi connectivity index (χ1) is 5.46. The lowest BCUT2D eigenvalue weighted by Gasteiger charge is -2.05. The summed E-state index contributed by atoms with van der Waals surface area (Å²) in [6.07, 6.45) is 0. The number of nitrogens with zero attached hydrogens (tertiary/aromatic N) is 1. The molecule has 1 atom stereocenters. The Morgan fingerprint density at radius 2 is 1.83 bits per heavy atom. The largest absolute Gasteiger partial charge is 0.351 e. The van der Waals surface area contributed by atoms with Crippen molar-refractivity contribution in [3.8, 4) is 0 Å². The van der Waals surface area contributed by atoms with Gasteiger partial charge in [0.2, 0.25) is 0 Å². The second-order valence-electron chi connectivity index (χ2n) is 3.25. The van der Waals surface area contributed by atoms with Crippen LogP contribution in [0.25, 0.3) is 0 Å². The Bertz CT molecular complexity index is 274. The molecule has 0 bridgehead atoms. The van der Waals surface area contributed by atoms with Crippen molar-refractivity contribution >= 4 is 15.9 Å². The Kier molecular flexibility index (Phi) is 2.64. The molecule has 0 spiro atoms. The van der Waals surface area contributed by atoms with Crippen molar-refractivity contribution in [2.75, 3.05) is 0 Å². The van der Waals surface area contributed by atoms with Gasteiger partial charge in [-0.1, -0.05) is 0 Å². The van der Waals surface area contributed by atoms with Gasteiger partial charge >= 0.3 is 0 Å². The highest BCUT2D eigenvalue weighted by Gasteiger charge is 2.15. The fraction of sp³-hybridized carbons (Fsp3) is 0.556. The van der Waals surface area contributed by atoms with Crippen molar-refractivity contribution < 1.29 is 0 Å². The smallest absolute Gasteiger partial charge is 0.0432 e. The quantitative estimate of drug-likeness (QED) is 0.790. The molecule has 1 heterocycles. The molecule has 3 heteroatoms. The number of halogens is 1. The van der Waals surface area contributed by atoms with Gasteiger partial charge < -0.3 is 10.3 Å². The maximum atomic E-state index is 5.85. The summed E-state index contributed by atoms with van der Waals surface area (Å²) in [6, 6.07) is 0.0966. The van der Waals surface area contributed by atoms with Gasteiger partial charge in [0.15, 0.2) is 0 Å². The lowest BCUT2D eigenvalue weighted by atomic mass is 10.1. The minimum Gasteiger partial charge on any atom is -0.351 e. The molecule has 0 aliphatic rings. The third kappa shape index (κ3) is 1.31. The van der Waals surface area contributed by atoms with Gasteiger partial charge in [0.05, 0.1) is 0 Å². The van der Waals surface area contributed by atoms with Crippen molar-refractivity contribution in [3.05, 3.63) is 21.4 Å². The molecule has 2 nitrogen and oxygen atoms in total. The van der Waals surface area contributed by atoms with Gasteiger partial charge in [-0.3, -0.25) is 0 Å². The summed E-state index contributed by atoms with van der Waals surface area (Å²) in [5, 5.41) is 0. The number of rotatable bonds is 1. The van der Waals surface area contributed by atoms with Crippen LogP contribution in [0.3, 0.4) is 0 Å². The highest BCUT2D eigenvalue weighted by Crippen LogP contribution is 2.30. The maximum Gasteiger partial charge on any atom is 0.0432 e. The van der Waals surface area contributed by atoms with Crippen LogP contribution >= 0.6 is 15.9 Å². The zero-order valence-electron chi connectivity index (χ0n) is 7.98. The molecule has 1 aromatic rings. The molecule has 1 aromatic heterocycles. The van der Waals surface area contributed by atoms with Crippen LogP contribution < -0.4 is 5.73 Å². The predicted molar refractivity (Wildman–Crippen MR) is 55.2 cm³/mol. The first kappa shape index (κ1) is 9.81. The SMILES string of the molecule is Cc1c(Br)c(C(C)N)c(C)n1C. The second kappa shape index (κ2) is 3.23. The molecular weight excluding hydrogens is 216 g/mol. The second-order valence-corrected chi connectivity index (χ2v) is 4.04. The summed E-state index contributed by atoms with van der Waals surface area (Å²) >= 11 is 3.55. The summed E-state index contributed by atoms with van der Waals surface area (Å²) in [4.78, 5) is 0.